The molecular weight excluding hydrogens is 275 g/mol. The maximum Gasteiger partial charge on any atom is 0.182 e. The highest BCUT2D eigenvalue weighted by Crippen LogP contribution is 2.39. The Morgan fingerprint density at radius 2 is 1.71 bits per heavy atom. The number of carbonyl (C=O) groups is 1. The number of aryl methyl sites for hydroxylation is 1. The van der Waals surface area contributed by atoms with Gasteiger partial charge in [0.15, 0.2) is 5.52 Å². The molecule has 2 aromatic rings. The summed E-state index contributed by atoms with van der Waals surface area (Å²) < 4.78 is 0. The van der Waals surface area contributed by atoms with Gasteiger partial charge in [-0.2, -0.15) is 0 Å². The minimum Gasteiger partial charge on any atom is -0.289 e. The standard InChI is InChI=1S/C19H21OP/c1-14-8-7-13-17(15-9-3-2-4-10-15)18(14)19(20)21-16-11-5-6-12-16/h2-4,7-10,13,16,21H,5-6,11-12H2,1H3. The summed E-state index contributed by atoms with van der Waals surface area (Å²) in [6.07, 6.45) is 5.06. The first-order valence-corrected chi connectivity index (χ1v) is 8.79. The molecule has 1 aliphatic rings. The fourth-order valence-electron chi connectivity index (χ4n) is 3.16. The Morgan fingerprint density at radius 1 is 1.00 bits per heavy atom. The lowest BCUT2D eigenvalue weighted by Gasteiger charge is -2.14. The van der Waals surface area contributed by atoms with E-state index >= 15 is 0 Å². The molecule has 1 nitrogen and oxygen atoms in total. The van der Waals surface area contributed by atoms with Gasteiger partial charge in [0.1, 0.15) is 0 Å². The Hall–Kier alpha value is -1.46. The van der Waals surface area contributed by atoms with Crippen molar-refractivity contribution in [1.29, 1.82) is 0 Å². The lowest BCUT2D eigenvalue weighted by molar-refractivity contribution is 0.108. The topological polar surface area (TPSA) is 17.1 Å². The highest BCUT2D eigenvalue weighted by Gasteiger charge is 2.22. The first-order chi connectivity index (χ1) is 10.3. The fraction of sp³-hybridized carbons (Fsp3) is 0.316. The molecule has 1 fully saturated rings. The van der Waals surface area contributed by atoms with E-state index in [1.807, 2.05) is 24.3 Å². The Morgan fingerprint density at radius 3 is 2.43 bits per heavy atom. The molecule has 2 aromatic carbocycles. The van der Waals surface area contributed by atoms with Crippen molar-refractivity contribution < 1.29 is 4.79 Å². The SMILES string of the molecule is Cc1cccc(-c2ccccc2)c1C(=O)PC1CCCC1. The van der Waals surface area contributed by atoms with Crippen LogP contribution in [-0.4, -0.2) is 11.2 Å². The lowest BCUT2D eigenvalue weighted by Crippen LogP contribution is -2.04. The summed E-state index contributed by atoms with van der Waals surface area (Å²) in [5.74, 6) is 0. The smallest absolute Gasteiger partial charge is 0.182 e. The summed E-state index contributed by atoms with van der Waals surface area (Å²) in [6.45, 7) is 2.05. The summed E-state index contributed by atoms with van der Waals surface area (Å²) in [7, 11) is 0.436. The van der Waals surface area contributed by atoms with Crippen LogP contribution in [0, 0.1) is 6.92 Å². The van der Waals surface area contributed by atoms with Crippen LogP contribution in [0.25, 0.3) is 11.1 Å². The number of carbonyl (C=O) groups excluding carboxylic acids is 1. The zero-order valence-electron chi connectivity index (χ0n) is 12.4. The second kappa shape index (κ2) is 6.54. The molecule has 1 unspecified atom stereocenters. The molecule has 108 valence electrons. The molecule has 0 aromatic heterocycles. The largest absolute Gasteiger partial charge is 0.289 e. The van der Waals surface area contributed by atoms with Gasteiger partial charge in [0.05, 0.1) is 0 Å². The predicted molar refractivity (Wildman–Crippen MR) is 91.5 cm³/mol. The zero-order valence-corrected chi connectivity index (χ0v) is 13.4. The third-order valence-electron chi connectivity index (χ3n) is 4.28. The van der Waals surface area contributed by atoms with Gasteiger partial charge in [-0.1, -0.05) is 61.4 Å². The van der Waals surface area contributed by atoms with E-state index in [9.17, 15) is 4.79 Å². The average molecular weight is 296 g/mol. The molecular formula is C19H21OP. The van der Waals surface area contributed by atoms with Crippen molar-refractivity contribution in [3.05, 3.63) is 59.7 Å². The fourth-order valence-corrected chi connectivity index (χ4v) is 4.70. The van der Waals surface area contributed by atoms with Crippen LogP contribution >= 0.6 is 8.58 Å². The molecule has 0 amide bonds. The van der Waals surface area contributed by atoms with E-state index in [4.69, 9.17) is 0 Å². The predicted octanol–water partition coefficient (Wildman–Crippen LogP) is 5.42. The molecule has 0 spiro atoms. The van der Waals surface area contributed by atoms with Crippen molar-refractivity contribution in [3.8, 4) is 11.1 Å². The maximum absolute atomic E-state index is 12.8. The van der Waals surface area contributed by atoms with Crippen molar-refractivity contribution >= 4 is 14.1 Å². The summed E-state index contributed by atoms with van der Waals surface area (Å²) >= 11 is 0. The molecule has 1 saturated carbocycles. The maximum atomic E-state index is 12.8. The first kappa shape index (κ1) is 14.5. The molecule has 0 saturated heterocycles. The van der Waals surface area contributed by atoms with Gasteiger partial charge in [0.2, 0.25) is 0 Å². The van der Waals surface area contributed by atoms with Crippen LogP contribution in [0.5, 0.6) is 0 Å². The molecule has 0 heterocycles. The normalized spacial score (nSPS) is 15.9. The van der Waals surface area contributed by atoms with Crippen LogP contribution in [0.2, 0.25) is 0 Å². The molecule has 1 aliphatic carbocycles. The van der Waals surface area contributed by atoms with Crippen LogP contribution in [0.15, 0.2) is 48.5 Å². The third kappa shape index (κ3) is 3.24. The van der Waals surface area contributed by atoms with E-state index < -0.39 is 0 Å². The lowest BCUT2D eigenvalue weighted by atomic mass is 9.97. The van der Waals surface area contributed by atoms with E-state index in [1.165, 1.54) is 25.7 Å². The van der Waals surface area contributed by atoms with Gasteiger partial charge in [-0.25, -0.2) is 0 Å². The molecule has 1 atom stereocenters. The van der Waals surface area contributed by atoms with Crippen LogP contribution in [-0.2, 0) is 0 Å². The number of hydrogen-bond acceptors (Lipinski definition) is 1. The number of rotatable bonds is 4. The van der Waals surface area contributed by atoms with Crippen LogP contribution in [0.3, 0.4) is 0 Å². The van der Waals surface area contributed by atoms with Crippen molar-refractivity contribution in [2.24, 2.45) is 0 Å². The van der Waals surface area contributed by atoms with Gasteiger partial charge in [0.25, 0.3) is 0 Å². The van der Waals surface area contributed by atoms with E-state index in [2.05, 4.69) is 31.2 Å². The van der Waals surface area contributed by atoms with Gasteiger partial charge in [0, 0.05) is 5.56 Å². The average Bonchev–Trinajstić information content (AvgIpc) is 3.00. The molecule has 2 heteroatoms. The third-order valence-corrected chi connectivity index (χ3v) is 5.77. The van der Waals surface area contributed by atoms with E-state index in [-0.39, 0.29) is 0 Å². The number of hydrogen-bond donors (Lipinski definition) is 0. The monoisotopic (exact) mass is 296 g/mol. The Balaban J connectivity index is 1.95. The van der Waals surface area contributed by atoms with E-state index in [1.54, 1.807) is 0 Å². The highest BCUT2D eigenvalue weighted by atomic mass is 31.1. The molecule has 3 rings (SSSR count). The van der Waals surface area contributed by atoms with Crippen LogP contribution in [0.1, 0.15) is 41.6 Å². The van der Waals surface area contributed by atoms with Crippen molar-refractivity contribution in [1.82, 2.24) is 0 Å². The highest BCUT2D eigenvalue weighted by molar-refractivity contribution is 7.59. The van der Waals surface area contributed by atoms with Gasteiger partial charge in [-0.05, 0) is 50.7 Å². The minimum absolute atomic E-state index is 0.346. The first-order valence-electron chi connectivity index (χ1n) is 7.71. The van der Waals surface area contributed by atoms with Gasteiger partial charge < -0.3 is 0 Å². The molecule has 21 heavy (non-hydrogen) atoms. The summed E-state index contributed by atoms with van der Waals surface area (Å²) in [5, 5.41) is 0. The van der Waals surface area contributed by atoms with E-state index in [0.717, 1.165) is 22.3 Å². The quantitative estimate of drug-likeness (QED) is 0.688. The molecule has 0 bridgehead atoms. The zero-order chi connectivity index (χ0) is 14.7. The molecule has 0 aliphatic heterocycles. The molecule has 0 N–H and O–H groups in total. The summed E-state index contributed by atoms with van der Waals surface area (Å²) in [6, 6.07) is 16.4. The Labute approximate surface area is 128 Å². The van der Waals surface area contributed by atoms with Crippen molar-refractivity contribution in [2.75, 3.05) is 0 Å². The van der Waals surface area contributed by atoms with Crippen molar-refractivity contribution in [2.45, 2.75) is 38.3 Å². The molecule has 0 radical (unpaired) electrons. The second-order valence-electron chi connectivity index (χ2n) is 5.82. The van der Waals surface area contributed by atoms with Gasteiger partial charge >= 0.3 is 0 Å². The Kier molecular flexibility index (Phi) is 4.51. The Bertz CT molecular complexity index is 627. The second-order valence-corrected chi connectivity index (χ2v) is 7.38. The number of benzene rings is 2. The van der Waals surface area contributed by atoms with Crippen LogP contribution in [0.4, 0.5) is 0 Å². The van der Waals surface area contributed by atoms with Crippen LogP contribution < -0.4 is 0 Å². The van der Waals surface area contributed by atoms with E-state index in [0.29, 0.717) is 19.8 Å². The van der Waals surface area contributed by atoms with Gasteiger partial charge in [-0.3, -0.25) is 4.79 Å². The summed E-state index contributed by atoms with van der Waals surface area (Å²) in [4.78, 5) is 12.8. The minimum atomic E-state index is 0.346. The van der Waals surface area contributed by atoms with Gasteiger partial charge in [-0.15, -0.1) is 0 Å². The van der Waals surface area contributed by atoms with Crippen molar-refractivity contribution in [3.63, 3.8) is 0 Å². The summed E-state index contributed by atoms with van der Waals surface area (Å²) in [5.41, 5.74) is 5.24.